The van der Waals surface area contributed by atoms with E-state index in [0.29, 0.717) is 17.6 Å². The summed E-state index contributed by atoms with van der Waals surface area (Å²) in [5.41, 5.74) is 0.830. The number of hydrogen-bond donors (Lipinski definition) is 2. The number of carbonyl (C=O) groups is 1. The highest BCUT2D eigenvalue weighted by Gasteiger charge is 2.30. The average Bonchev–Trinajstić information content (AvgIpc) is 2.54. The number of amides is 1. The molecule has 0 radical (unpaired) electrons. The van der Waals surface area contributed by atoms with Crippen molar-refractivity contribution >= 4 is 16.8 Å². The number of H-pyrrole nitrogens is 1. The van der Waals surface area contributed by atoms with Gasteiger partial charge in [0.1, 0.15) is 0 Å². The Bertz CT molecular complexity index is 753. The van der Waals surface area contributed by atoms with E-state index in [1.54, 1.807) is 11.0 Å². The smallest absolute Gasteiger partial charge is 0.254 e. The highest BCUT2D eigenvalue weighted by Crippen LogP contribution is 2.25. The molecule has 0 spiro atoms. The second kappa shape index (κ2) is 5.93. The van der Waals surface area contributed by atoms with Crippen LogP contribution in [0, 0.1) is 5.92 Å². The monoisotopic (exact) mass is 300 g/mol. The fourth-order valence-electron chi connectivity index (χ4n) is 3.15. The third kappa shape index (κ3) is 2.64. The van der Waals surface area contributed by atoms with Crippen LogP contribution in [0.5, 0.6) is 0 Å². The first-order chi connectivity index (χ1) is 10.6. The van der Waals surface area contributed by atoms with Gasteiger partial charge in [-0.15, -0.1) is 0 Å². The van der Waals surface area contributed by atoms with E-state index in [-0.39, 0.29) is 30.0 Å². The molecule has 0 aliphatic carbocycles. The summed E-state index contributed by atoms with van der Waals surface area (Å²) in [4.78, 5) is 29.3. The van der Waals surface area contributed by atoms with E-state index < -0.39 is 0 Å². The Morgan fingerprint density at radius 2 is 2.14 bits per heavy atom. The molecular weight excluding hydrogens is 280 g/mol. The first-order valence-corrected chi connectivity index (χ1v) is 7.64. The lowest BCUT2D eigenvalue weighted by molar-refractivity contribution is 0.0490. The molecule has 0 saturated carbocycles. The van der Waals surface area contributed by atoms with Gasteiger partial charge in [-0.25, -0.2) is 0 Å². The van der Waals surface area contributed by atoms with Crippen molar-refractivity contribution in [3.63, 3.8) is 0 Å². The third-order valence-electron chi connectivity index (χ3n) is 4.48. The Balaban J connectivity index is 2.03. The number of nitrogens with one attached hydrogen (secondary N) is 1. The van der Waals surface area contributed by atoms with Gasteiger partial charge in [0.05, 0.1) is 5.56 Å². The summed E-state index contributed by atoms with van der Waals surface area (Å²) in [6.07, 6.45) is 1.80. The SMILES string of the molecule is CC1CCC(CO)CN1C(=O)c1cc(=O)[nH]c2ccccc12. The number of nitrogens with zero attached hydrogens (tertiary/aromatic N) is 1. The zero-order valence-corrected chi connectivity index (χ0v) is 12.6. The van der Waals surface area contributed by atoms with Crippen molar-refractivity contribution in [3.05, 3.63) is 46.2 Å². The van der Waals surface area contributed by atoms with E-state index in [9.17, 15) is 14.7 Å². The van der Waals surface area contributed by atoms with Gasteiger partial charge in [0.15, 0.2) is 0 Å². The van der Waals surface area contributed by atoms with Crippen molar-refractivity contribution in [2.75, 3.05) is 13.2 Å². The van der Waals surface area contributed by atoms with Crippen molar-refractivity contribution in [3.8, 4) is 0 Å². The van der Waals surface area contributed by atoms with Gasteiger partial charge in [0.25, 0.3) is 5.91 Å². The summed E-state index contributed by atoms with van der Waals surface area (Å²) in [7, 11) is 0. The van der Waals surface area contributed by atoms with Gasteiger partial charge in [-0.2, -0.15) is 0 Å². The number of aliphatic hydroxyl groups excluding tert-OH is 1. The zero-order valence-electron chi connectivity index (χ0n) is 12.6. The summed E-state index contributed by atoms with van der Waals surface area (Å²) >= 11 is 0. The minimum Gasteiger partial charge on any atom is -0.396 e. The summed E-state index contributed by atoms with van der Waals surface area (Å²) in [6, 6.07) is 8.82. The summed E-state index contributed by atoms with van der Waals surface area (Å²) in [5, 5.41) is 10.1. The van der Waals surface area contributed by atoms with Crippen LogP contribution < -0.4 is 5.56 Å². The third-order valence-corrected chi connectivity index (χ3v) is 4.48. The number of aliphatic hydroxyl groups is 1. The van der Waals surface area contributed by atoms with Gasteiger partial charge in [-0.05, 0) is 31.7 Å². The molecule has 22 heavy (non-hydrogen) atoms. The Hall–Kier alpha value is -2.14. The Kier molecular flexibility index (Phi) is 3.98. The fourth-order valence-corrected chi connectivity index (χ4v) is 3.15. The van der Waals surface area contributed by atoms with Gasteiger partial charge >= 0.3 is 0 Å². The van der Waals surface area contributed by atoms with Gasteiger partial charge < -0.3 is 15.0 Å². The standard InChI is InChI=1S/C17H20N2O3/c1-11-6-7-12(10-20)9-19(11)17(22)14-8-16(21)18-15-5-3-2-4-13(14)15/h2-5,8,11-12,20H,6-7,9-10H2,1H3,(H,18,21). The van der Waals surface area contributed by atoms with E-state index in [0.717, 1.165) is 18.2 Å². The van der Waals surface area contributed by atoms with Crippen molar-refractivity contribution in [1.29, 1.82) is 0 Å². The molecule has 0 bridgehead atoms. The second-order valence-electron chi connectivity index (χ2n) is 6.03. The number of aromatic nitrogens is 1. The fraction of sp³-hybridized carbons (Fsp3) is 0.412. The van der Waals surface area contributed by atoms with Crippen LogP contribution in [0.3, 0.4) is 0 Å². The lowest BCUT2D eigenvalue weighted by atomic mass is 9.93. The molecule has 3 rings (SSSR count). The van der Waals surface area contributed by atoms with Crippen LogP contribution in [0.15, 0.2) is 35.1 Å². The van der Waals surface area contributed by atoms with Crippen LogP contribution in [0.2, 0.25) is 0 Å². The molecule has 1 amide bonds. The second-order valence-corrected chi connectivity index (χ2v) is 6.03. The number of para-hydroxylation sites is 1. The van der Waals surface area contributed by atoms with Gasteiger partial charge in [-0.1, -0.05) is 18.2 Å². The number of pyridine rings is 1. The molecule has 116 valence electrons. The molecule has 1 saturated heterocycles. The molecule has 1 fully saturated rings. The Morgan fingerprint density at radius 3 is 2.91 bits per heavy atom. The highest BCUT2D eigenvalue weighted by atomic mass is 16.3. The van der Waals surface area contributed by atoms with E-state index in [2.05, 4.69) is 4.98 Å². The summed E-state index contributed by atoms with van der Waals surface area (Å²) in [5.74, 6) is -0.0126. The predicted octanol–water partition coefficient (Wildman–Crippen LogP) is 1.76. The predicted molar refractivity (Wildman–Crippen MR) is 84.9 cm³/mol. The van der Waals surface area contributed by atoms with Crippen LogP contribution in [0.1, 0.15) is 30.1 Å². The van der Waals surface area contributed by atoms with E-state index in [1.165, 1.54) is 6.07 Å². The first kappa shape index (κ1) is 14.8. The number of likely N-dealkylation sites (tertiary alicyclic amines) is 1. The van der Waals surface area contributed by atoms with E-state index in [1.807, 2.05) is 25.1 Å². The molecule has 2 N–H and O–H groups in total. The Labute approximate surface area is 128 Å². The lowest BCUT2D eigenvalue weighted by Gasteiger charge is -2.37. The molecule has 1 aliphatic rings. The maximum atomic E-state index is 12.9. The van der Waals surface area contributed by atoms with Gasteiger partial charge in [-0.3, -0.25) is 9.59 Å². The van der Waals surface area contributed by atoms with Crippen LogP contribution >= 0.6 is 0 Å². The van der Waals surface area contributed by atoms with Crippen LogP contribution in [0.4, 0.5) is 0 Å². The molecule has 1 aliphatic heterocycles. The number of aromatic amines is 1. The van der Waals surface area contributed by atoms with Crippen molar-refractivity contribution < 1.29 is 9.90 Å². The number of fused-ring (bicyclic) bond motifs is 1. The number of carbonyl (C=O) groups excluding carboxylic acids is 1. The quantitative estimate of drug-likeness (QED) is 0.887. The van der Waals surface area contributed by atoms with Gasteiger partial charge in [0.2, 0.25) is 5.56 Å². The molecule has 2 unspecified atom stereocenters. The van der Waals surface area contributed by atoms with Crippen LogP contribution in [0.25, 0.3) is 10.9 Å². The maximum absolute atomic E-state index is 12.9. The number of piperidine rings is 1. The number of hydrogen-bond acceptors (Lipinski definition) is 3. The average molecular weight is 300 g/mol. The van der Waals surface area contributed by atoms with Crippen molar-refractivity contribution in [2.24, 2.45) is 5.92 Å². The number of rotatable bonds is 2. The Morgan fingerprint density at radius 1 is 1.36 bits per heavy atom. The largest absolute Gasteiger partial charge is 0.396 e. The molecule has 2 atom stereocenters. The van der Waals surface area contributed by atoms with Crippen molar-refractivity contribution in [2.45, 2.75) is 25.8 Å². The molecule has 5 nitrogen and oxygen atoms in total. The summed E-state index contributed by atoms with van der Waals surface area (Å²) < 4.78 is 0. The van der Waals surface area contributed by atoms with Gasteiger partial charge in [0, 0.05) is 36.2 Å². The number of benzene rings is 1. The molecule has 5 heteroatoms. The normalized spacial score (nSPS) is 22.0. The minimum atomic E-state index is -0.273. The van der Waals surface area contributed by atoms with E-state index >= 15 is 0 Å². The molecule has 2 heterocycles. The highest BCUT2D eigenvalue weighted by molar-refractivity contribution is 6.06. The minimum absolute atomic E-state index is 0.0899. The molecule has 1 aromatic carbocycles. The zero-order chi connectivity index (χ0) is 15.7. The topological polar surface area (TPSA) is 73.4 Å². The molecular formula is C17H20N2O3. The van der Waals surface area contributed by atoms with Crippen LogP contribution in [-0.4, -0.2) is 40.1 Å². The summed E-state index contributed by atoms with van der Waals surface area (Å²) in [6.45, 7) is 2.64. The maximum Gasteiger partial charge on any atom is 0.254 e. The molecule has 2 aromatic rings. The van der Waals surface area contributed by atoms with Crippen molar-refractivity contribution in [1.82, 2.24) is 9.88 Å². The van der Waals surface area contributed by atoms with E-state index in [4.69, 9.17) is 0 Å². The first-order valence-electron chi connectivity index (χ1n) is 7.64. The van der Waals surface area contributed by atoms with Crippen LogP contribution in [-0.2, 0) is 0 Å². The lowest BCUT2D eigenvalue weighted by Crippen LogP contribution is -2.46. The molecule has 1 aromatic heterocycles.